The first kappa shape index (κ1) is 12.9. The largest absolute Gasteiger partial charge is 0.150 e. The van der Waals surface area contributed by atoms with Gasteiger partial charge in [0.05, 0.1) is 0 Å². The second kappa shape index (κ2) is 9.08. The van der Waals surface area contributed by atoms with Crippen LogP contribution in [0.1, 0.15) is 51.9 Å². The van der Waals surface area contributed by atoms with Gasteiger partial charge in [0.25, 0.3) is 0 Å². The lowest BCUT2D eigenvalue weighted by Crippen LogP contribution is -1.97. The number of allylic oxidation sites excluding steroid dienone is 2. The molecule has 0 unspecified atom stereocenters. The van der Waals surface area contributed by atoms with Crippen molar-refractivity contribution in [2.45, 2.75) is 57.1 Å². The zero-order valence-electron chi connectivity index (χ0n) is 9.95. The van der Waals surface area contributed by atoms with Crippen LogP contribution in [0.5, 0.6) is 0 Å². The molecule has 0 N–H and O–H groups in total. The summed E-state index contributed by atoms with van der Waals surface area (Å²) in [5.74, 6) is 1.32. The van der Waals surface area contributed by atoms with Crippen molar-refractivity contribution in [3.8, 4) is 0 Å². The highest BCUT2D eigenvalue weighted by molar-refractivity contribution is 8.00. The van der Waals surface area contributed by atoms with Gasteiger partial charge in [-0.2, -0.15) is 11.8 Å². The van der Waals surface area contributed by atoms with Gasteiger partial charge in [0, 0.05) is 5.25 Å². The lowest BCUT2D eigenvalue weighted by molar-refractivity contribution is 0.627. The Bertz CT molecular complexity index is 182. The van der Waals surface area contributed by atoms with Crippen molar-refractivity contribution >= 4 is 11.8 Å². The van der Waals surface area contributed by atoms with E-state index in [1.165, 1.54) is 44.3 Å². The van der Waals surface area contributed by atoms with Crippen LogP contribution in [-0.2, 0) is 0 Å². The molecule has 0 heterocycles. The van der Waals surface area contributed by atoms with Gasteiger partial charge in [-0.3, -0.25) is 0 Å². The third-order valence-electron chi connectivity index (χ3n) is 2.73. The molecule has 0 fully saturated rings. The Balaban J connectivity index is 1.86. The minimum absolute atomic E-state index is 0.661. The first-order chi connectivity index (χ1) is 7.43. The van der Waals surface area contributed by atoms with Crippen molar-refractivity contribution in [1.29, 1.82) is 0 Å². The van der Waals surface area contributed by atoms with Gasteiger partial charge in [0.15, 0.2) is 0 Å². The van der Waals surface area contributed by atoms with E-state index in [-0.39, 0.29) is 0 Å². The van der Waals surface area contributed by atoms with Crippen molar-refractivity contribution < 1.29 is 0 Å². The van der Waals surface area contributed by atoms with Crippen molar-refractivity contribution in [3.05, 3.63) is 24.3 Å². The van der Waals surface area contributed by atoms with Crippen LogP contribution in [0, 0.1) is 0 Å². The molecular weight excluding hydrogens is 200 g/mol. The van der Waals surface area contributed by atoms with Crippen LogP contribution in [0.2, 0.25) is 0 Å². The maximum Gasteiger partial charge on any atom is 0.0407 e. The number of hydrogen-bond donors (Lipinski definition) is 0. The number of unbranched alkanes of at least 4 members (excludes halogenated alkanes) is 5. The smallest absolute Gasteiger partial charge is 0.0407 e. The third kappa shape index (κ3) is 6.83. The fourth-order valence-corrected chi connectivity index (χ4v) is 2.87. The molecule has 15 heavy (non-hydrogen) atoms. The molecule has 0 aromatic heterocycles. The molecule has 0 nitrogen and oxygen atoms in total. The Morgan fingerprint density at radius 1 is 1.00 bits per heavy atom. The summed E-state index contributed by atoms with van der Waals surface area (Å²) in [6.07, 6.45) is 18.8. The van der Waals surface area contributed by atoms with Gasteiger partial charge >= 0.3 is 0 Å². The highest BCUT2D eigenvalue weighted by Crippen LogP contribution is 2.19. The van der Waals surface area contributed by atoms with E-state index in [0.29, 0.717) is 5.25 Å². The maximum absolute atomic E-state index is 2.34. The summed E-state index contributed by atoms with van der Waals surface area (Å²) in [5.41, 5.74) is 0. The average Bonchev–Trinajstić information content (AvgIpc) is 2.29. The molecule has 1 rings (SSSR count). The lowest BCUT2D eigenvalue weighted by Gasteiger charge is -2.10. The number of hydrogen-bond acceptors (Lipinski definition) is 1. The fourth-order valence-electron chi connectivity index (χ4n) is 1.78. The Morgan fingerprint density at radius 3 is 2.40 bits per heavy atom. The summed E-state index contributed by atoms with van der Waals surface area (Å²) in [7, 11) is 0. The average molecular weight is 224 g/mol. The van der Waals surface area contributed by atoms with Crippen LogP contribution in [0.4, 0.5) is 0 Å². The van der Waals surface area contributed by atoms with E-state index in [1.54, 1.807) is 0 Å². The number of thioether (sulfide) groups is 1. The quantitative estimate of drug-likeness (QED) is 0.414. The summed E-state index contributed by atoms with van der Waals surface area (Å²) in [5, 5.41) is 0.661. The second-order valence-electron chi connectivity index (χ2n) is 4.20. The van der Waals surface area contributed by atoms with Crippen molar-refractivity contribution in [1.82, 2.24) is 0 Å². The standard InChI is InChI=1S/C14H24S/c1-2-3-4-5-6-10-13-15-14-11-8-7-9-12-14/h8-9,11-12,14H,2-7,10,13H2,1H3. The zero-order chi connectivity index (χ0) is 10.8. The number of rotatable bonds is 8. The molecule has 0 amide bonds. The molecule has 0 saturated carbocycles. The van der Waals surface area contributed by atoms with Gasteiger partial charge < -0.3 is 0 Å². The van der Waals surface area contributed by atoms with Gasteiger partial charge in [-0.15, -0.1) is 0 Å². The predicted octanol–water partition coefficient (Wildman–Crippen LogP) is 4.96. The van der Waals surface area contributed by atoms with Gasteiger partial charge in [-0.25, -0.2) is 0 Å². The first-order valence-corrected chi connectivity index (χ1v) is 7.43. The van der Waals surface area contributed by atoms with Crippen molar-refractivity contribution in [3.63, 3.8) is 0 Å². The van der Waals surface area contributed by atoms with Crippen LogP contribution in [0.15, 0.2) is 24.3 Å². The highest BCUT2D eigenvalue weighted by atomic mass is 32.2. The molecule has 1 heteroatoms. The van der Waals surface area contributed by atoms with Crippen molar-refractivity contribution in [2.75, 3.05) is 5.75 Å². The summed E-state index contributed by atoms with van der Waals surface area (Å²) in [4.78, 5) is 0. The summed E-state index contributed by atoms with van der Waals surface area (Å²) < 4.78 is 0. The molecule has 0 bridgehead atoms. The Kier molecular flexibility index (Phi) is 7.81. The summed E-state index contributed by atoms with van der Waals surface area (Å²) >= 11 is 2.09. The Labute approximate surface area is 99.2 Å². The normalized spacial score (nSPS) is 16.1. The van der Waals surface area contributed by atoms with Gasteiger partial charge in [0.2, 0.25) is 0 Å². The van der Waals surface area contributed by atoms with E-state index in [1.807, 2.05) is 0 Å². The van der Waals surface area contributed by atoms with Crippen LogP contribution in [0.3, 0.4) is 0 Å². The fraction of sp³-hybridized carbons (Fsp3) is 0.714. The minimum atomic E-state index is 0.661. The van der Waals surface area contributed by atoms with Crippen LogP contribution < -0.4 is 0 Å². The highest BCUT2D eigenvalue weighted by Gasteiger charge is 2.02. The van der Waals surface area contributed by atoms with Crippen LogP contribution in [-0.4, -0.2) is 11.0 Å². The molecule has 1 aliphatic rings. The Hall–Kier alpha value is -0.170. The monoisotopic (exact) mass is 224 g/mol. The van der Waals surface area contributed by atoms with Gasteiger partial charge in [0.1, 0.15) is 0 Å². The summed E-state index contributed by atoms with van der Waals surface area (Å²) in [6.45, 7) is 2.28. The SMILES string of the molecule is CCCCCCCCSC1C=CCC=C1. The summed E-state index contributed by atoms with van der Waals surface area (Å²) in [6, 6.07) is 0. The molecule has 1 aliphatic carbocycles. The first-order valence-electron chi connectivity index (χ1n) is 6.38. The molecule has 0 aliphatic heterocycles. The zero-order valence-corrected chi connectivity index (χ0v) is 10.8. The van der Waals surface area contributed by atoms with Gasteiger partial charge in [-0.1, -0.05) is 63.3 Å². The molecule has 0 radical (unpaired) electrons. The second-order valence-corrected chi connectivity index (χ2v) is 5.48. The topological polar surface area (TPSA) is 0 Å². The van der Waals surface area contributed by atoms with Crippen LogP contribution in [0.25, 0.3) is 0 Å². The van der Waals surface area contributed by atoms with Crippen molar-refractivity contribution in [2.24, 2.45) is 0 Å². The predicted molar refractivity (Wildman–Crippen MR) is 72.5 cm³/mol. The maximum atomic E-state index is 2.34. The molecule has 0 aromatic rings. The van der Waals surface area contributed by atoms with E-state index >= 15 is 0 Å². The van der Waals surface area contributed by atoms with E-state index in [2.05, 4.69) is 43.0 Å². The molecule has 86 valence electrons. The lowest BCUT2D eigenvalue weighted by atomic mass is 10.1. The molecule has 0 aromatic carbocycles. The van der Waals surface area contributed by atoms with Gasteiger partial charge in [-0.05, 0) is 18.6 Å². The van der Waals surface area contributed by atoms with E-state index in [0.717, 1.165) is 6.42 Å². The molecular formula is C14H24S. The molecule has 0 saturated heterocycles. The minimum Gasteiger partial charge on any atom is -0.150 e. The molecule has 0 spiro atoms. The van der Waals surface area contributed by atoms with Crippen LogP contribution >= 0.6 is 11.8 Å². The molecule has 0 atom stereocenters. The van der Waals surface area contributed by atoms with E-state index in [9.17, 15) is 0 Å². The Morgan fingerprint density at radius 2 is 1.67 bits per heavy atom. The van der Waals surface area contributed by atoms with E-state index < -0.39 is 0 Å². The van der Waals surface area contributed by atoms with E-state index in [4.69, 9.17) is 0 Å². The third-order valence-corrected chi connectivity index (χ3v) is 3.96.